The van der Waals surface area contributed by atoms with Crippen LogP contribution in [-0.4, -0.2) is 9.36 Å². The van der Waals surface area contributed by atoms with Crippen LogP contribution < -0.4 is 5.32 Å². The zero-order valence-electron chi connectivity index (χ0n) is 9.65. The minimum atomic E-state index is 0.302. The van der Waals surface area contributed by atoms with E-state index in [9.17, 15) is 0 Å². The fourth-order valence-corrected chi connectivity index (χ4v) is 3.02. The topological polar surface area (TPSA) is 37.8 Å². The average molecular weight is 253 g/mol. The molecule has 0 saturated heterocycles. The first-order valence-corrected chi connectivity index (χ1v) is 6.93. The summed E-state index contributed by atoms with van der Waals surface area (Å²) in [6, 6.07) is 4.62. The summed E-state index contributed by atoms with van der Waals surface area (Å²) >= 11 is 3.26. The highest BCUT2D eigenvalue weighted by Crippen LogP contribution is 2.26. The summed E-state index contributed by atoms with van der Waals surface area (Å²) in [6.45, 7) is 6.34. The first-order chi connectivity index (χ1) is 7.69. The molecule has 3 nitrogen and oxygen atoms in total. The van der Waals surface area contributed by atoms with Gasteiger partial charge in [-0.05, 0) is 26.0 Å². The smallest absolute Gasteiger partial charge is 0.203 e. The van der Waals surface area contributed by atoms with Crippen molar-refractivity contribution in [2.75, 3.05) is 5.32 Å². The largest absolute Gasteiger partial charge is 0.353 e. The Morgan fingerprint density at radius 3 is 2.81 bits per heavy atom. The third-order valence-electron chi connectivity index (χ3n) is 2.31. The van der Waals surface area contributed by atoms with Crippen LogP contribution in [0.25, 0.3) is 0 Å². The van der Waals surface area contributed by atoms with E-state index in [0.717, 1.165) is 17.4 Å². The molecule has 1 atom stereocenters. The molecule has 1 unspecified atom stereocenters. The van der Waals surface area contributed by atoms with E-state index in [1.54, 1.807) is 0 Å². The predicted octanol–water partition coefficient (Wildman–Crippen LogP) is 3.64. The summed E-state index contributed by atoms with van der Waals surface area (Å²) in [6.07, 6.45) is 0.894. The molecule has 0 fully saturated rings. The fourth-order valence-electron chi connectivity index (χ4n) is 1.40. The van der Waals surface area contributed by atoms with E-state index in [2.05, 4.69) is 47.6 Å². The lowest BCUT2D eigenvalue weighted by Gasteiger charge is -2.09. The Bertz CT molecular complexity index is 461. The number of aromatic nitrogens is 2. The van der Waals surface area contributed by atoms with Gasteiger partial charge in [0.15, 0.2) is 0 Å². The number of anilines is 1. The molecule has 2 aromatic heterocycles. The predicted molar refractivity (Wildman–Crippen MR) is 70.4 cm³/mol. The molecule has 0 radical (unpaired) electrons. The Balaban J connectivity index is 2.04. The highest BCUT2D eigenvalue weighted by Gasteiger charge is 2.10. The third kappa shape index (κ3) is 2.59. The lowest BCUT2D eigenvalue weighted by atomic mass is 10.3. The Morgan fingerprint density at radius 2 is 2.25 bits per heavy atom. The number of hydrogen-bond acceptors (Lipinski definition) is 5. The van der Waals surface area contributed by atoms with Gasteiger partial charge < -0.3 is 5.32 Å². The van der Waals surface area contributed by atoms with Gasteiger partial charge in [-0.15, -0.1) is 11.3 Å². The van der Waals surface area contributed by atoms with Gasteiger partial charge in [-0.1, -0.05) is 6.92 Å². The molecule has 0 aliphatic carbocycles. The van der Waals surface area contributed by atoms with Crippen LogP contribution in [0.4, 0.5) is 5.13 Å². The van der Waals surface area contributed by atoms with Gasteiger partial charge in [-0.25, -0.2) is 4.98 Å². The summed E-state index contributed by atoms with van der Waals surface area (Å²) < 4.78 is 4.26. The molecule has 2 aromatic rings. The van der Waals surface area contributed by atoms with Gasteiger partial charge in [-0.2, -0.15) is 4.37 Å². The van der Waals surface area contributed by atoms with Crippen molar-refractivity contribution in [3.63, 3.8) is 0 Å². The minimum Gasteiger partial charge on any atom is -0.353 e. The second-order valence-electron chi connectivity index (χ2n) is 3.68. The lowest BCUT2D eigenvalue weighted by molar-refractivity contribution is 0.897. The van der Waals surface area contributed by atoms with Crippen LogP contribution >= 0.6 is 22.9 Å². The molecule has 0 amide bonds. The van der Waals surface area contributed by atoms with Crippen molar-refractivity contribution in [1.82, 2.24) is 9.36 Å². The SMILES string of the molecule is CCc1nsc(NC(C)c2ccc(C)s2)n1. The van der Waals surface area contributed by atoms with Gasteiger partial charge in [0.2, 0.25) is 5.13 Å². The zero-order valence-corrected chi connectivity index (χ0v) is 11.3. The molecule has 0 aliphatic heterocycles. The third-order valence-corrected chi connectivity index (χ3v) is 4.18. The first-order valence-electron chi connectivity index (χ1n) is 5.34. The van der Waals surface area contributed by atoms with Crippen molar-refractivity contribution in [2.45, 2.75) is 33.2 Å². The van der Waals surface area contributed by atoms with Crippen molar-refractivity contribution < 1.29 is 0 Å². The van der Waals surface area contributed by atoms with Crippen molar-refractivity contribution in [1.29, 1.82) is 0 Å². The number of hydrogen-bond donors (Lipinski definition) is 1. The Morgan fingerprint density at radius 1 is 1.44 bits per heavy atom. The van der Waals surface area contributed by atoms with Gasteiger partial charge in [0.25, 0.3) is 0 Å². The zero-order chi connectivity index (χ0) is 11.5. The molecule has 16 heavy (non-hydrogen) atoms. The second-order valence-corrected chi connectivity index (χ2v) is 5.76. The average Bonchev–Trinajstić information content (AvgIpc) is 2.87. The normalized spacial score (nSPS) is 12.7. The van der Waals surface area contributed by atoms with Crippen molar-refractivity contribution >= 4 is 28.0 Å². The number of thiophene rings is 1. The second kappa shape index (κ2) is 4.93. The molecular formula is C11H15N3S2. The number of nitrogens with one attached hydrogen (secondary N) is 1. The van der Waals surface area contributed by atoms with E-state index >= 15 is 0 Å². The monoisotopic (exact) mass is 253 g/mol. The van der Waals surface area contributed by atoms with E-state index in [0.29, 0.717) is 6.04 Å². The molecule has 0 aromatic carbocycles. The Kier molecular flexibility index (Phi) is 3.56. The molecule has 0 aliphatic rings. The Labute approximate surface area is 104 Å². The van der Waals surface area contributed by atoms with E-state index in [4.69, 9.17) is 0 Å². The fraction of sp³-hybridized carbons (Fsp3) is 0.455. The summed E-state index contributed by atoms with van der Waals surface area (Å²) in [7, 11) is 0. The summed E-state index contributed by atoms with van der Waals surface area (Å²) in [5.74, 6) is 0.919. The standard InChI is InChI=1S/C11H15N3S2/c1-4-10-13-11(16-14-10)12-8(3)9-6-5-7(2)15-9/h5-6,8H,4H2,1-3H3,(H,12,13,14). The van der Waals surface area contributed by atoms with E-state index in [-0.39, 0.29) is 0 Å². The van der Waals surface area contributed by atoms with Gasteiger partial charge in [0.05, 0.1) is 6.04 Å². The van der Waals surface area contributed by atoms with Crippen LogP contribution in [0.15, 0.2) is 12.1 Å². The molecule has 86 valence electrons. The number of aryl methyl sites for hydroxylation is 2. The summed E-state index contributed by atoms with van der Waals surface area (Å²) in [5, 5.41) is 4.29. The maximum absolute atomic E-state index is 4.40. The Hall–Kier alpha value is -0.940. The van der Waals surface area contributed by atoms with Crippen LogP contribution in [0, 0.1) is 6.92 Å². The van der Waals surface area contributed by atoms with Gasteiger partial charge in [0.1, 0.15) is 5.82 Å². The van der Waals surface area contributed by atoms with Gasteiger partial charge in [0, 0.05) is 27.7 Å². The van der Waals surface area contributed by atoms with Crippen LogP contribution in [0.3, 0.4) is 0 Å². The highest BCUT2D eigenvalue weighted by atomic mass is 32.1. The van der Waals surface area contributed by atoms with Crippen molar-refractivity contribution in [2.24, 2.45) is 0 Å². The van der Waals surface area contributed by atoms with Crippen LogP contribution in [0.2, 0.25) is 0 Å². The van der Waals surface area contributed by atoms with Crippen molar-refractivity contribution in [3.8, 4) is 0 Å². The van der Waals surface area contributed by atoms with E-state index in [1.165, 1.54) is 21.3 Å². The van der Waals surface area contributed by atoms with E-state index < -0.39 is 0 Å². The highest BCUT2D eigenvalue weighted by molar-refractivity contribution is 7.12. The maximum Gasteiger partial charge on any atom is 0.203 e. The maximum atomic E-state index is 4.40. The van der Waals surface area contributed by atoms with Gasteiger partial charge in [-0.3, -0.25) is 0 Å². The summed E-state index contributed by atoms with van der Waals surface area (Å²) in [4.78, 5) is 7.08. The van der Waals surface area contributed by atoms with Crippen LogP contribution in [0.5, 0.6) is 0 Å². The first kappa shape index (κ1) is 11.5. The quantitative estimate of drug-likeness (QED) is 0.904. The molecule has 0 bridgehead atoms. The number of rotatable bonds is 4. The van der Waals surface area contributed by atoms with Crippen LogP contribution in [0.1, 0.15) is 35.5 Å². The van der Waals surface area contributed by atoms with Crippen LogP contribution in [-0.2, 0) is 6.42 Å². The van der Waals surface area contributed by atoms with Gasteiger partial charge >= 0.3 is 0 Å². The molecule has 5 heteroatoms. The van der Waals surface area contributed by atoms with Crippen molar-refractivity contribution in [3.05, 3.63) is 27.7 Å². The lowest BCUT2D eigenvalue weighted by Crippen LogP contribution is -2.04. The summed E-state index contributed by atoms with van der Waals surface area (Å²) in [5.41, 5.74) is 0. The molecule has 2 heterocycles. The molecule has 1 N–H and O–H groups in total. The number of nitrogens with zero attached hydrogens (tertiary/aromatic N) is 2. The molecular weight excluding hydrogens is 238 g/mol. The molecule has 0 spiro atoms. The van der Waals surface area contributed by atoms with E-state index in [1.807, 2.05) is 11.3 Å². The molecule has 2 rings (SSSR count). The molecule has 0 saturated carbocycles. The minimum absolute atomic E-state index is 0.302.